The second kappa shape index (κ2) is 7.77. The first-order valence-corrected chi connectivity index (χ1v) is 7.01. The quantitative estimate of drug-likeness (QED) is 0.560. The van der Waals surface area contributed by atoms with Crippen LogP contribution >= 0.6 is 0 Å². The molecule has 13 heavy (non-hydrogen) atoms. The maximum Gasteiger partial charge on any atom is 0.249 e. The Bertz CT molecular complexity index is 193. The Balaban J connectivity index is 0. The minimum absolute atomic E-state index is 0.713. The third kappa shape index (κ3) is 24.5. The first-order valence-electron chi connectivity index (χ1n) is 4.07. The van der Waals surface area contributed by atoms with Crippen molar-refractivity contribution < 1.29 is 18.1 Å². The zero-order chi connectivity index (χ0) is 11.1. The number of hydrogen-bond donors (Lipinski definition) is 1. The average Bonchev–Trinajstić information content (AvgIpc) is 1.84. The van der Waals surface area contributed by atoms with E-state index < -0.39 is 16.1 Å². The van der Waals surface area contributed by atoms with Gasteiger partial charge in [0.1, 0.15) is 0 Å². The smallest absolute Gasteiger partial charge is 0.249 e. The van der Waals surface area contributed by atoms with Crippen molar-refractivity contribution in [3.8, 4) is 0 Å². The van der Waals surface area contributed by atoms with Gasteiger partial charge in [-0.1, -0.05) is 0 Å². The summed E-state index contributed by atoms with van der Waals surface area (Å²) < 4.78 is 27.9. The van der Waals surface area contributed by atoms with Crippen LogP contribution in [0.1, 0.15) is 27.7 Å². The fourth-order valence-corrected chi connectivity index (χ4v) is 2.31. The summed E-state index contributed by atoms with van der Waals surface area (Å²) in [6, 6.07) is 0. The maximum atomic E-state index is 9.24. The molecule has 0 atom stereocenters. The molecule has 0 bridgehead atoms. The summed E-state index contributed by atoms with van der Waals surface area (Å²) in [5.41, 5.74) is 0. The molecule has 0 aliphatic heterocycles. The molecule has 0 aliphatic rings. The van der Waals surface area contributed by atoms with Gasteiger partial charge >= 0.3 is 52.5 Å². The summed E-state index contributed by atoms with van der Waals surface area (Å²) in [5.74, 6) is -1.45. The molecule has 0 aliphatic carbocycles. The monoisotopic (exact) mass is 224 g/mol. The standard InChI is InChI=1S/2C3H7.CH3O4S.Al/c2*1-3-2;2-1-6(3,4)5;/h2*3H,1-2H3;1H2,(H,3,4,5);/q;;-1;+1. The minimum atomic E-state index is -4.22. The summed E-state index contributed by atoms with van der Waals surface area (Å²) in [6.07, 6.45) is 0. The van der Waals surface area contributed by atoms with Gasteiger partial charge < -0.3 is 5.11 Å². The first kappa shape index (κ1) is 15.9. The van der Waals surface area contributed by atoms with E-state index in [-0.39, 0.29) is 0 Å². The predicted molar refractivity (Wildman–Crippen MR) is 52.4 cm³/mol. The van der Waals surface area contributed by atoms with Crippen LogP contribution in [0.5, 0.6) is 0 Å². The zero-order valence-corrected chi connectivity index (χ0v) is 10.5. The summed E-state index contributed by atoms with van der Waals surface area (Å²) >= 11 is 0.713. The molecule has 0 saturated carbocycles. The Labute approximate surface area is 86.8 Å². The minimum Gasteiger partial charge on any atom is -0.841 e. The van der Waals surface area contributed by atoms with Crippen LogP contribution in [0.4, 0.5) is 0 Å². The summed E-state index contributed by atoms with van der Waals surface area (Å²) in [7, 11) is -4.22. The third-order valence-corrected chi connectivity index (χ3v) is 2.76. The van der Waals surface area contributed by atoms with Crippen molar-refractivity contribution in [2.75, 3.05) is 5.94 Å². The normalized spacial score (nSPS) is 10.8. The predicted octanol–water partition coefficient (Wildman–Crippen LogP) is 0.539. The summed E-state index contributed by atoms with van der Waals surface area (Å²) in [6.45, 7) is 9.20. The SMILES string of the molecule is C[CH](C)[Al+][CH](C)C.O=S(=O)(O)C[O-]. The molecule has 0 fully saturated rings. The molecule has 0 spiro atoms. The summed E-state index contributed by atoms with van der Waals surface area (Å²) in [5, 5.41) is 9.11. The van der Waals surface area contributed by atoms with Crippen LogP contribution in [0.25, 0.3) is 0 Å². The van der Waals surface area contributed by atoms with Crippen LogP contribution in [-0.2, 0) is 10.1 Å². The molecule has 6 heteroatoms. The molecule has 0 unspecified atom stereocenters. The van der Waals surface area contributed by atoms with Gasteiger partial charge in [-0.2, -0.15) is 0 Å². The van der Waals surface area contributed by atoms with Crippen LogP contribution in [0, 0.1) is 0 Å². The van der Waals surface area contributed by atoms with E-state index in [1.807, 2.05) is 0 Å². The fourth-order valence-electron chi connectivity index (χ4n) is 0.770. The van der Waals surface area contributed by atoms with E-state index in [0.29, 0.717) is 15.2 Å². The molecule has 1 N–H and O–H groups in total. The molecule has 0 saturated heterocycles. The molecule has 0 rings (SSSR count). The van der Waals surface area contributed by atoms with Gasteiger partial charge in [0, 0.05) is 0 Å². The third-order valence-electron chi connectivity index (χ3n) is 0.919. The zero-order valence-electron chi connectivity index (χ0n) is 8.52. The largest absolute Gasteiger partial charge is 0.841 e. The maximum absolute atomic E-state index is 9.24. The molecule has 0 aromatic rings. The fraction of sp³-hybridized carbons (Fsp3) is 1.00. The van der Waals surface area contributed by atoms with E-state index in [1.54, 1.807) is 0 Å². The van der Waals surface area contributed by atoms with Crippen molar-refractivity contribution in [2.24, 2.45) is 0 Å². The second-order valence-electron chi connectivity index (χ2n) is 3.38. The molecular weight excluding hydrogens is 207 g/mol. The molecule has 0 aromatic heterocycles. The van der Waals surface area contributed by atoms with Gasteiger partial charge in [0.05, 0.1) is 0 Å². The molecule has 0 radical (unpaired) electrons. The molecule has 0 heterocycles. The van der Waals surface area contributed by atoms with Crippen molar-refractivity contribution >= 4 is 25.3 Å². The van der Waals surface area contributed by atoms with Crippen LogP contribution in [0.3, 0.4) is 0 Å². The van der Waals surface area contributed by atoms with E-state index in [9.17, 15) is 8.42 Å². The first-order chi connectivity index (χ1) is 5.69. The topological polar surface area (TPSA) is 77.4 Å². The Hall–Kier alpha value is 0.402. The number of hydrogen-bond acceptors (Lipinski definition) is 3. The van der Waals surface area contributed by atoms with Gasteiger partial charge in [-0.05, 0) is 5.94 Å². The van der Waals surface area contributed by atoms with Gasteiger partial charge in [-0.3, -0.25) is 4.55 Å². The van der Waals surface area contributed by atoms with Crippen molar-refractivity contribution in [1.82, 2.24) is 0 Å². The van der Waals surface area contributed by atoms with Gasteiger partial charge in [0.2, 0.25) is 10.1 Å². The molecular formula is C7H17AlO4S. The number of rotatable bonds is 3. The molecule has 0 amide bonds. The van der Waals surface area contributed by atoms with E-state index in [0.717, 1.165) is 9.56 Å². The van der Waals surface area contributed by atoms with Gasteiger partial charge in [0.15, 0.2) is 0 Å². The van der Waals surface area contributed by atoms with Crippen LogP contribution < -0.4 is 5.11 Å². The molecule has 78 valence electrons. The van der Waals surface area contributed by atoms with Crippen molar-refractivity contribution in [2.45, 2.75) is 37.3 Å². The average molecular weight is 224 g/mol. The van der Waals surface area contributed by atoms with Crippen molar-refractivity contribution in [3.05, 3.63) is 0 Å². The molecule has 4 nitrogen and oxygen atoms in total. The Morgan fingerprint density at radius 2 is 1.46 bits per heavy atom. The molecule has 0 aromatic carbocycles. The Morgan fingerprint density at radius 3 is 1.46 bits per heavy atom. The van der Waals surface area contributed by atoms with Gasteiger partial charge in [-0.25, -0.2) is 8.42 Å². The second-order valence-corrected chi connectivity index (χ2v) is 7.83. The van der Waals surface area contributed by atoms with Crippen LogP contribution in [-0.4, -0.2) is 34.1 Å². The van der Waals surface area contributed by atoms with Crippen molar-refractivity contribution in [1.29, 1.82) is 0 Å². The van der Waals surface area contributed by atoms with Crippen LogP contribution in [0.2, 0.25) is 9.56 Å². The van der Waals surface area contributed by atoms with E-state index in [2.05, 4.69) is 27.7 Å². The summed E-state index contributed by atoms with van der Waals surface area (Å²) in [4.78, 5) is 0. The van der Waals surface area contributed by atoms with E-state index >= 15 is 0 Å². The van der Waals surface area contributed by atoms with Crippen LogP contribution in [0.15, 0.2) is 0 Å². The van der Waals surface area contributed by atoms with Crippen molar-refractivity contribution in [3.63, 3.8) is 0 Å². The van der Waals surface area contributed by atoms with Gasteiger partial charge in [-0.15, -0.1) is 0 Å². The Kier molecular flexibility index (Phi) is 9.48. The Morgan fingerprint density at radius 1 is 1.23 bits per heavy atom. The van der Waals surface area contributed by atoms with E-state index in [1.165, 1.54) is 0 Å². The van der Waals surface area contributed by atoms with E-state index in [4.69, 9.17) is 9.66 Å². The van der Waals surface area contributed by atoms with Gasteiger partial charge in [0.25, 0.3) is 0 Å².